The number of nitrogens with one attached hydrogen (secondary N) is 1. The first-order valence-corrected chi connectivity index (χ1v) is 11.9. The number of fused-ring (bicyclic) bond motifs is 1. The van der Waals surface area contributed by atoms with Crippen LogP contribution in [-0.4, -0.2) is 64.6 Å². The highest BCUT2D eigenvalue weighted by Gasteiger charge is 2.16. The molecule has 0 radical (unpaired) electrons. The fraction of sp³-hybridized carbons (Fsp3) is 0.296. The van der Waals surface area contributed by atoms with Crippen LogP contribution in [0.1, 0.15) is 22.6 Å². The van der Waals surface area contributed by atoms with Gasteiger partial charge in [-0.05, 0) is 55.8 Å². The molecule has 1 N–H and O–H groups in total. The van der Waals surface area contributed by atoms with Crippen LogP contribution in [0.2, 0.25) is 0 Å². The van der Waals surface area contributed by atoms with E-state index >= 15 is 0 Å². The summed E-state index contributed by atoms with van der Waals surface area (Å²) in [6.07, 6.45) is 6.20. The number of pyridine rings is 2. The standard InChI is InChI=1S/C27H28FN5O2/c1-19-16-20(6-8-24(19)28)25-23(4-2-9-29-25)21-5-7-22-17-31-26(33(22)18-21)27(34)30-10-3-11-32-12-14-35-15-13-32/h2,4-9,16-18H,3,10-15H2,1H3,(H,30,34). The number of carbonyl (C=O) groups excluding carboxylic acids is 1. The number of carbonyl (C=O) groups is 1. The third kappa shape index (κ3) is 5.08. The second kappa shape index (κ2) is 10.3. The van der Waals surface area contributed by atoms with E-state index in [0.717, 1.165) is 67.2 Å². The van der Waals surface area contributed by atoms with Gasteiger partial charge in [0.15, 0.2) is 0 Å². The quantitative estimate of drug-likeness (QED) is 0.412. The van der Waals surface area contributed by atoms with Crippen LogP contribution in [0.25, 0.3) is 27.9 Å². The van der Waals surface area contributed by atoms with Crippen LogP contribution in [0.3, 0.4) is 0 Å². The Morgan fingerprint density at radius 2 is 1.94 bits per heavy atom. The first-order valence-electron chi connectivity index (χ1n) is 11.9. The van der Waals surface area contributed by atoms with E-state index in [9.17, 15) is 9.18 Å². The van der Waals surface area contributed by atoms with Crippen molar-refractivity contribution in [2.75, 3.05) is 39.4 Å². The lowest BCUT2D eigenvalue weighted by molar-refractivity contribution is 0.0374. The molecule has 8 heteroatoms. The second-order valence-corrected chi connectivity index (χ2v) is 8.72. The van der Waals surface area contributed by atoms with E-state index in [1.807, 2.05) is 30.5 Å². The second-order valence-electron chi connectivity index (χ2n) is 8.72. The molecular weight excluding hydrogens is 445 g/mol. The molecule has 1 aliphatic rings. The number of nitrogens with zero attached hydrogens (tertiary/aromatic N) is 4. The van der Waals surface area contributed by atoms with E-state index in [1.54, 1.807) is 35.9 Å². The lowest BCUT2D eigenvalue weighted by Gasteiger charge is -2.26. The Labute approximate surface area is 203 Å². The number of ether oxygens (including phenoxy) is 1. The summed E-state index contributed by atoms with van der Waals surface area (Å²) in [5.74, 6) is -0.104. The predicted molar refractivity (Wildman–Crippen MR) is 133 cm³/mol. The number of hydrogen-bond acceptors (Lipinski definition) is 5. The highest BCUT2D eigenvalue weighted by Crippen LogP contribution is 2.31. The van der Waals surface area contributed by atoms with Gasteiger partial charge in [0.25, 0.3) is 5.91 Å². The normalized spacial score (nSPS) is 14.3. The molecule has 180 valence electrons. The molecule has 1 fully saturated rings. The maximum atomic E-state index is 13.8. The Morgan fingerprint density at radius 1 is 1.11 bits per heavy atom. The summed E-state index contributed by atoms with van der Waals surface area (Å²) in [6.45, 7) is 6.68. The molecule has 0 aliphatic carbocycles. The molecule has 7 nitrogen and oxygen atoms in total. The molecule has 4 aromatic rings. The third-order valence-electron chi connectivity index (χ3n) is 6.32. The Kier molecular flexibility index (Phi) is 6.83. The summed E-state index contributed by atoms with van der Waals surface area (Å²) in [6, 6.07) is 12.8. The predicted octanol–water partition coefficient (Wildman–Crippen LogP) is 3.96. The van der Waals surface area contributed by atoms with Crippen LogP contribution in [0, 0.1) is 12.7 Å². The van der Waals surface area contributed by atoms with Gasteiger partial charge in [-0.3, -0.25) is 19.1 Å². The first kappa shape index (κ1) is 23.1. The van der Waals surface area contributed by atoms with Gasteiger partial charge in [-0.2, -0.15) is 0 Å². The number of aromatic nitrogens is 3. The average molecular weight is 474 g/mol. The molecule has 0 spiro atoms. The van der Waals surface area contributed by atoms with Crippen LogP contribution in [0.15, 0.2) is 61.1 Å². The fourth-order valence-corrected chi connectivity index (χ4v) is 4.39. The molecule has 0 atom stereocenters. The van der Waals surface area contributed by atoms with E-state index in [4.69, 9.17) is 4.74 Å². The molecule has 1 saturated heterocycles. The molecule has 0 bridgehead atoms. The zero-order valence-corrected chi connectivity index (χ0v) is 19.7. The number of morpholine rings is 1. The monoisotopic (exact) mass is 473 g/mol. The van der Waals surface area contributed by atoms with Crippen molar-refractivity contribution in [1.29, 1.82) is 0 Å². The van der Waals surface area contributed by atoms with Crippen molar-refractivity contribution in [1.82, 2.24) is 24.6 Å². The number of halogens is 1. The highest BCUT2D eigenvalue weighted by atomic mass is 19.1. The number of hydrogen-bond donors (Lipinski definition) is 1. The number of rotatable bonds is 7. The Bertz CT molecular complexity index is 1350. The Morgan fingerprint density at radius 3 is 2.77 bits per heavy atom. The van der Waals surface area contributed by atoms with Gasteiger partial charge in [-0.15, -0.1) is 0 Å². The van der Waals surface area contributed by atoms with Crippen LogP contribution in [0.4, 0.5) is 4.39 Å². The van der Waals surface area contributed by atoms with Crippen molar-refractivity contribution in [3.63, 3.8) is 0 Å². The number of imidazole rings is 1. The van der Waals surface area contributed by atoms with Gasteiger partial charge in [-0.1, -0.05) is 12.1 Å². The van der Waals surface area contributed by atoms with Crippen molar-refractivity contribution >= 4 is 11.4 Å². The van der Waals surface area contributed by atoms with Crippen LogP contribution < -0.4 is 5.32 Å². The van der Waals surface area contributed by atoms with Crippen molar-refractivity contribution in [3.05, 3.63) is 78.3 Å². The first-order chi connectivity index (χ1) is 17.1. The molecule has 35 heavy (non-hydrogen) atoms. The van der Waals surface area contributed by atoms with Gasteiger partial charge >= 0.3 is 0 Å². The summed E-state index contributed by atoms with van der Waals surface area (Å²) in [4.78, 5) is 24.2. The SMILES string of the molecule is Cc1cc(-c2ncccc2-c2ccc3cnc(C(=O)NCCCN4CCOCC4)n3c2)ccc1F. The van der Waals surface area contributed by atoms with Crippen molar-refractivity contribution in [3.8, 4) is 22.4 Å². The fourth-order valence-electron chi connectivity index (χ4n) is 4.39. The maximum Gasteiger partial charge on any atom is 0.287 e. The lowest BCUT2D eigenvalue weighted by atomic mass is 9.99. The minimum absolute atomic E-state index is 0.204. The molecule has 3 aromatic heterocycles. The van der Waals surface area contributed by atoms with Gasteiger partial charge in [0.05, 0.1) is 30.6 Å². The molecule has 5 rings (SSSR count). The zero-order valence-electron chi connectivity index (χ0n) is 19.7. The van der Waals surface area contributed by atoms with E-state index < -0.39 is 0 Å². The summed E-state index contributed by atoms with van der Waals surface area (Å²) in [5.41, 5.74) is 4.77. The minimum Gasteiger partial charge on any atom is -0.379 e. The van der Waals surface area contributed by atoms with Crippen LogP contribution in [-0.2, 0) is 4.74 Å². The van der Waals surface area contributed by atoms with Gasteiger partial charge in [0, 0.05) is 48.7 Å². The summed E-state index contributed by atoms with van der Waals surface area (Å²) in [7, 11) is 0. The van der Waals surface area contributed by atoms with Gasteiger partial charge in [0.1, 0.15) is 5.82 Å². The van der Waals surface area contributed by atoms with E-state index in [2.05, 4.69) is 20.2 Å². The minimum atomic E-state index is -0.244. The Hall–Kier alpha value is -3.62. The van der Waals surface area contributed by atoms with Crippen LogP contribution >= 0.6 is 0 Å². The zero-order chi connectivity index (χ0) is 24.2. The average Bonchev–Trinajstić information content (AvgIpc) is 3.32. The summed E-state index contributed by atoms with van der Waals surface area (Å²) >= 11 is 0. The summed E-state index contributed by atoms with van der Waals surface area (Å²) < 4.78 is 21.0. The lowest BCUT2D eigenvalue weighted by Crippen LogP contribution is -2.38. The van der Waals surface area contributed by atoms with E-state index in [1.165, 1.54) is 6.07 Å². The van der Waals surface area contributed by atoms with Gasteiger partial charge in [-0.25, -0.2) is 9.37 Å². The highest BCUT2D eigenvalue weighted by molar-refractivity contribution is 5.92. The van der Waals surface area contributed by atoms with E-state index in [0.29, 0.717) is 17.9 Å². The van der Waals surface area contributed by atoms with Crippen molar-refractivity contribution in [2.45, 2.75) is 13.3 Å². The molecule has 0 unspecified atom stereocenters. The van der Waals surface area contributed by atoms with Crippen LogP contribution in [0.5, 0.6) is 0 Å². The topological polar surface area (TPSA) is 71.8 Å². The van der Waals surface area contributed by atoms with E-state index in [-0.39, 0.29) is 11.7 Å². The van der Waals surface area contributed by atoms with Gasteiger partial charge in [0.2, 0.25) is 5.82 Å². The van der Waals surface area contributed by atoms with Crippen molar-refractivity contribution < 1.29 is 13.9 Å². The molecule has 4 heterocycles. The molecule has 1 aromatic carbocycles. The van der Waals surface area contributed by atoms with Gasteiger partial charge < -0.3 is 10.1 Å². The van der Waals surface area contributed by atoms with Crippen molar-refractivity contribution in [2.24, 2.45) is 0 Å². The number of aryl methyl sites for hydroxylation is 1. The number of amides is 1. The third-order valence-corrected chi connectivity index (χ3v) is 6.32. The Balaban J connectivity index is 1.36. The maximum absolute atomic E-state index is 13.8. The molecule has 0 saturated carbocycles. The molecular formula is C27H28FN5O2. The number of benzene rings is 1. The molecule has 1 amide bonds. The smallest absolute Gasteiger partial charge is 0.287 e. The molecule has 1 aliphatic heterocycles. The summed E-state index contributed by atoms with van der Waals surface area (Å²) in [5, 5.41) is 3.00. The largest absolute Gasteiger partial charge is 0.379 e.